The van der Waals surface area contributed by atoms with Crippen LogP contribution in [0.15, 0.2) is 24.3 Å². The Balaban J connectivity index is 2.55. The molecule has 0 spiro atoms. The van der Waals surface area contributed by atoms with E-state index in [1.165, 1.54) is 19.3 Å². The molecule has 1 aliphatic carbocycles. The first-order valence-electron chi connectivity index (χ1n) is 5.64. The van der Waals surface area contributed by atoms with Crippen LogP contribution in [-0.4, -0.2) is 23.3 Å². The van der Waals surface area contributed by atoms with Gasteiger partial charge in [0, 0.05) is 11.6 Å². The Kier molecular flexibility index (Phi) is 3.37. The van der Waals surface area contributed by atoms with Gasteiger partial charge in [-0.2, -0.15) is 0 Å². The highest BCUT2D eigenvalue weighted by atomic mass is 16.5. The third kappa shape index (κ3) is 2.22. The first-order chi connectivity index (χ1) is 8.63. The number of hydrogen-bond acceptors (Lipinski definition) is 3. The molecule has 0 heterocycles. The standard InChI is InChI=1S/C14H14O4/c1-18-14-11(15)7-5-10(6-8-12(16)17)13(14)9-3-2-4-9/h3,5-8,15H,2,4H2,1H3,(H,16,17). The number of aliphatic carboxylic acids is 1. The highest BCUT2D eigenvalue weighted by Gasteiger charge is 2.19. The molecule has 0 saturated heterocycles. The van der Waals surface area contributed by atoms with Gasteiger partial charge in [-0.25, -0.2) is 4.79 Å². The van der Waals surface area contributed by atoms with Gasteiger partial charge in [0.1, 0.15) is 0 Å². The average molecular weight is 246 g/mol. The van der Waals surface area contributed by atoms with Crippen LogP contribution in [0.3, 0.4) is 0 Å². The maximum Gasteiger partial charge on any atom is 0.328 e. The van der Waals surface area contributed by atoms with E-state index in [2.05, 4.69) is 6.08 Å². The molecular weight excluding hydrogens is 232 g/mol. The molecule has 1 aromatic carbocycles. The molecule has 0 saturated carbocycles. The summed E-state index contributed by atoms with van der Waals surface area (Å²) in [5.74, 6) is -0.545. The Morgan fingerprint density at radius 2 is 2.17 bits per heavy atom. The fourth-order valence-electron chi connectivity index (χ4n) is 1.94. The summed E-state index contributed by atoms with van der Waals surface area (Å²) in [7, 11) is 1.49. The Morgan fingerprint density at radius 1 is 1.44 bits per heavy atom. The van der Waals surface area contributed by atoms with E-state index in [1.807, 2.05) is 0 Å². The zero-order valence-corrected chi connectivity index (χ0v) is 10.0. The van der Waals surface area contributed by atoms with Crippen LogP contribution in [-0.2, 0) is 4.79 Å². The molecule has 0 fully saturated rings. The second-order valence-corrected chi connectivity index (χ2v) is 4.02. The van der Waals surface area contributed by atoms with Gasteiger partial charge in [-0.05, 0) is 36.1 Å². The van der Waals surface area contributed by atoms with Crippen LogP contribution in [0.2, 0.25) is 0 Å². The maximum absolute atomic E-state index is 10.6. The molecule has 4 heteroatoms. The Morgan fingerprint density at radius 3 is 2.67 bits per heavy atom. The normalized spacial score (nSPS) is 14.2. The summed E-state index contributed by atoms with van der Waals surface area (Å²) in [6, 6.07) is 3.19. The molecule has 0 aliphatic heterocycles. The van der Waals surface area contributed by atoms with Crippen LogP contribution in [0.25, 0.3) is 11.6 Å². The molecule has 0 radical (unpaired) electrons. The predicted molar refractivity (Wildman–Crippen MR) is 68.5 cm³/mol. The first kappa shape index (κ1) is 12.2. The van der Waals surface area contributed by atoms with Crippen molar-refractivity contribution < 1.29 is 19.7 Å². The molecule has 1 aromatic rings. The number of rotatable bonds is 4. The lowest BCUT2D eigenvalue weighted by atomic mass is 9.87. The first-order valence-corrected chi connectivity index (χ1v) is 5.64. The van der Waals surface area contributed by atoms with Gasteiger partial charge in [0.2, 0.25) is 0 Å². The summed E-state index contributed by atoms with van der Waals surface area (Å²) in [5.41, 5.74) is 2.59. The number of allylic oxidation sites excluding steroid dienone is 2. The van der Waals surface area contributed by atoms with Crippen LogP contribution in [0.5, 0.6) is 11.5 Å². The molecular formula is C14H14O4. The van der Waals surface area contributed by atoms with Crippen molar-refractivity contribution in [3.05, 3.63) is 35.4 Å². The Hall–Kier alpha value is -2.23. The van der Waals surface area contributed by atoms with Crippen molar-refractivity contribution in [1.82, 2.24) is 0 Å². The van der Waals surface area contributed by atoms with Gasteiger partial charge in [0.25, 0.3) is 0 Å². The van der Waals surface area contributed by atoms with Gasteiger partial charge in [0.15, 0.2) is 11.5 Å². The van der Waals surface area contributed by atoms with Gasteiger partial charge >= 0.3 is 5.97 Å². The van der Waals surface area contributed by atoms with Crippen molar-refractivity contribution in [2.24, 2.45) is 0 Å². The monoisotopic (exact) mass is 246 g/mol. The lowest BCUT2D eigenvalue weighted by molar-refractivity contribution is -0.131. The second kappa shape index (κ2) is 4.96. The number of carboxylic acid groups (broad SMARTS) is 1. The molecule has 2 N–H and O–H groups in total. The SMILES string of the molecule is COc1c(O)ccc(C=CC(=O)O)c1C1=CCC1. The lowest BCUT2D eigenvalue weighted by Crippen LogP contribution is -2.00. The summed E-state index contributed by atoms with van der Waals surface area (Å²) in [5, 5.41) is 18.4. The predicted octanol–water partition coefficient (Wildman–Crippen LogP) is 2.68. The third-order valence-electron chi connectivity index (χ3n) is 2.90. The van der Waals surface area contributed by atoms with Crippen LogP contribution in [0.1, 0.15) is 24.0 Å². The number of phenolic OH excluding ortho intramolecular Hbond substituents is 1. The number of ether oxygens (including phenoxy) is 1. The van der Waals surface area contributed by atoms with E-state index in [0.29, 0.717) is 5.75 Å². The van der Waals surface area contributed by atoms with E-state index in [-0.39, 0.29) is 5.75 Å². The van der Waals surface area contributed by atoms with Crippen molar-refractivity contribution in [2.75, 3.05) is 7.11 Å². The van der Waals surface area contributed by atoms with Crippen molar-refractivity contribution in [3.8, 4) is 11.5 Å². The van der Waals surface area contributed by atoms with Crippen LogP contribution < -0.4 is 4.74 Å². The fourth-order valence-corrected chi connectivity index (χ4v) is 1.94. The van der Waals surface area contributed by atoms with Gasteiger partial charge in [-0.3, -0.25) is 0 Å². The second-order valence-electron chi connectivity index (χ2n) is 4.02. The van der Waals surface area contributed by atoms with Crippen molar-refractivity contribution in [3.63, 3.8) is 0 Å². The smallest absolute Gasteiger partial charge is 0.328 e. The molecule has 2 rings (SSSR count). The van der Waals surface area contributed by atoms with Gasteiger partial charge in [-0.15, -0.1) is 0 Å². The quantitative estimate of drug-likeness (QED) is 0.801. The van der Waals surface area contributed by atoms with E-state index in [9.17, 15) is 9.90 Å². The molecule has 0 amide bonds. The maximum atomic E-state index is 10.6. The Bertz CT molecular complexity index is 541. The number of methoxy groups -OCH3 is 1. The fraction of sp³-hybridized carbons (Fsp3) is 0.214. The minimum absolute atomic E-state index is 0.0628. The van der Waals surface area contributed by atoms with Gasteiger partial charge < -0.3 is 14.9 Å². The molecule has 0 atom stereocenters. The minimum atomic E-state index is -1.00. The molecule has 0 unspecified atom stereocenters. The van der Waals surface area contributed by atoms with E-state index in [0.717, 1.165) is 35.6 Å². The van der Waals surface area contributed by atoms with Gasteiger partial charge in [0.05, 0.1) is 7.11 Å². The van der Waals surface area contributed by atoms with Crippen LogP contribution in [0, 0.1) is 0 Å². The van der Waals surface area contributed by atoms with E-state index >= 15 is 0 Å². The summed E-state index contributed by atoms with van der Waals surface area (Å²) < 4.78 is 5.21. The number of phenols is 1. The van der Waals surface area contributed by atoms with E-state index in [1.54, 1.807) is 6.07 Å². The number of carbonyl (C=O) groups is 1. The van der Waals surface area contributed by atoms with E-state index < -0.39 is 5.97 Å². The zero-order valence-electron chi connectivity index (χ0n) is 10.0. The summed E-state index contributed by atoms with van der Waals surface area (Å²) in [4.78, 5) is 10.6. The van der Waals surface area contributed by atoms with Crippen molar-refractivity contribution in [2.45, 2.75) is 12.8 Å². The molecule has 0 aromatic heterocycles. The molecule has 18 heavy (non-hydrogen) atoms. The van der Waals surface area contributed by atoms with E-state index in [4.69, 9.17) is 9.84 Å². The summed E-state index contributed by atoms with van der Waals surface area (Å²) >= 11 is 0. The van der Waals surface area contributed by atoms with Crippen molar-refractivity contribution >= 4 is 17.6 Å². The summed E-state index contributed by atoms with van der Waals surface area (Å²) in [6.45, 7) is 0. The molecule has 4 nitrogen and oxygen atoms in total. The molecule has 94 valence electrons. The largest absolute Gasteiger partial charge is 0.504 e. The highest BCUT2D eigenvalue weighted by Crippen LogP contribution is 2.42. The average Bonchev–Trinajstić information content (AvgIpc) is 2.26. The Labute approximate surface area is 105 Å². The van der Waals surface area contributed by atoms with Crippen LogP contribution in [0.4, 0.5) is 0 Å². The minimum Gasteiger partial charge on any atom is -0.504 e. The van der Waals surface area contributed by atoms with Crippen LogP contribution >= 0.6 is 0 Å². The van der Waals surface area contributed by atoms with Crippen molar-refractivity contribution in [1.29, 1.82) is 0 Å². The lowest BCUT2D eigenvalue weighted by Gasteiger charge is -2.20. The summed E-state index contributed by atoms with van der Waals surface area (Å²) in [6.07, 6.45) is 6.55. The molecule has 0 bridgehead atoms. The highest BCUT2D eigenvalue weighted by molar-refractivity contribution is 5.89. The van der Waals surface area contributed by atoms with Gasteiger partial charge in [-0.1, -0.05) is 12.1 Å². The number of aromatic hydroxyl groups is 1. The molecule has 1 aliphatic rings. The zero-order chi connectivity index (χ0) is 13.1. The number of hydrogen-bond donors (Lipinski definition) is 2. The number of benzene rings is 1. The third-order valence-corrected chi connectivity index (χ3v) is 2.90. The topological polar surface area (TPSA) is 66.8 Å². The number of carboxylic acids is 1.